The topological polar surface area (TPSA) is 55.1 Å². The number of benzene rings is 1. The Bertz CT molecular complexity index is 583. The minimum Gasteiger partial charge on any atom is -0.399 e. The molecule has 0 saturated carbocycles. The van der Waals surface area contributed by atoms with Gasteiger partial charge >= 0.3 is 0 Å². The molecule has 2 rings (SSSR count). The molecule has 1 aromatic carbocycles. The molecule has 94 valence electrons. The third kappa shape index (κ3) is 3.16. The molecule has 2 aromatic rings. The molecule has 1 aromatic heterocycles. The van der Waals surface area contributed by atoms with Crippen molar-refractivity contribution in [2.75, 3.05) is 5.73 Å². The summed E-state index contributed by atoms with van der Waals surface area (Å²) in [6.45, 7) is 0.418. The molecule has 0 spiro atoms. The first-order valence-corrected chi connectivity index (χ1v) is 6.71. The Morgan fingerprint density at radius 1 is 1.28 bits per heavy atom. The Morgan fingerprint density at radius 2 is 2.06 bits per heavy atom. The summed E-state index contributed by atoms with van der Waals surface area (Å²) in [6, 6.07) is 8.47. The van der Waals surface area contributed by atoms with Gasteiger partial charge in [-0.15, -0.1) is 11.3 Å². The van der Waals surface area contributed by atoms with Crippen LogP contribution in [0.1, 0.15) is 15.2 Å². The Kier molecular flexibility index (Phi) is 4.11. The summed E-state index contributed by atoms with van der Waals surface area (Å²) in [4.78, 5) is 12.9. The zero-order valence-corrected chi connectivity index (χ0v) is 11.6. The molecule has 0 unspecified atom stereocenters. The van der Waals surface area contributed by atoms with Crippen molar-refractivity contribution in [3.05, 3.63) is 50.1 Å². The maximum atomic E-state index is 11.9. The van der Waals surface area contributed by atoms with E-state index in [-0.39, 0.29) is 5.91 Å². The lowest BCUT2D eigenvalue weighted by molar-refractivity contribution is 0.0951. The lowest BCUT2D eigenvalue weighted by Crippen LogP contribution is -2.22. The first-order chi connectivity index (χ1) is 8.56. The number of nitrogen functional groups attached to an aromatic ring is 1. The van der Waals surface area contributed by atoms with Crippen LogP contribution in [0.15, 0.2) is 30.3 Å². The maximum Gasteiger partial charge on any atom is 0.253 e. The first kappa shape index (κ1) is 13.2. The molecular weight excluding hydrogens is 291 g/mol. The smallest absolute Gasteiger partial charge is 0.253 e. The van der Waals surface area contributed by atoms with E-state index in [1.54, 1.807) is 24.3 Å². The molecule has 1 heterocycles. The Labute approximate surface area is 119 Å². The number of nitrogens with one attached hydrogen (secondary N) is 1. The van der Waals surface area contributed by atoms with Crippen molar-refractivity contribution in [2.24, 2.45) is 0 Å². The van der Waals surface area contributed by atoms with Crippen LogP contribution in [0, 0.1) is 0 Å². The van der Waals surface area contributed by atoms with E-state index in [9.17, 15) is 4.79 Å². The molecule has 0 aliphatic carbocycles. The van der Waals surface area contributed by atoms with Gasteiger partial charge in [0.25, 0.3) is 5.91 Å². The van der Waals surface area contributed by atoms with E-state index in [1.165, 1.54) is 11.3 Å². The average Bonchev–Trinajstić information content (AvgIpc) is 2.75. The second-order valence-electron chi connectivity index (χ2n) is 3.63. The van der Waals surface area contributed by atoms with Crippen LogP contribution in [-0.4, -0.2) is 5.91 Å². The number of hydrogen-bond donors (Lipinski definition) is 2. The van der Waals surface area contributed by atoms with Crippen molar-refractivity contribution in [3.63, 3.8) is 0 Å². The summed E-state index contributed by atoms with van der Waals surface area (Å²) in [5, 5.41) is 3.15. The van der Waals surface area contributed by atoms with E-state index in [0.717, 1.165) is 4.88 Å². The van der Waals surface area contributed by atoms with Gasteiger partial charge in [0.2, 0.25) is 0 Å². The van der Waals surface area contributed by atoms with E-state index in [1.807, 2.05) is 6.07 Å². The zero-order chi connectivity index (χ0) is 13.1. The van der Waals surface area contributed by atoms with Gasteiger partial charge in [-0.3, -0.25) is 4.79 Å². The molecule has 18 heavy (non-hydrogen) atoms. The van der Waals surface area contributed by atoms with Crippen LogP contribution in [0.25, 0.3) is 0 Å². The van der Waals surface area contributed by atoms with E-state index in [0.29, 0.717) is 27.2 Å². The summed E-state index contributed by atoms with van der Waals surface area (Å²) in [6.07, 6.45) is 0. The van der Waals surface area contributed by atoms with Crippen molar-refractivity contribution in [1.29, 1.82) is 0 Å². The third-order valence-corrected chi connectivity index (χ3v) is 3.85. The zero-order valence-electron chi connectivity index (χ0n) is 9.24. The molecule has 0 saturated heterocycles. The first-order valence-electron chi connectivity index (χ1n) is 5.13. The summed E-state index contributed by atoms with van der Waals surface area (Å²) in [5.74, 6) is -0.253. The van der Waals surface area contributed by atoms with E-state index >= 15 is 0 Å². The Morgan fingerprint density at radius 3 is 2.72 bits per heavy atom. The number of amides is 1. The number of rotatable bonds is 3. The minimum atomic E-state index is -0.253. The average molecular weight is 301 g/mol. The maximum absolute atomic E-state index is 11.9. The molecular formula is C12H10Cl2N2OS. The molecule has 0 atom stereocenters. The summed E-state index contributed by atoms with van der Waals surface area (Å²) >= 11 is 13.2. The number of thiophene rings is 1. The van der Waals surface area contributed by atoms with Gasteiger partial charge in [0.15, 0.2) is 0 Å². The quantitative estimate of drug-likeness (QED) is 0.852. The number of nitrogens with two attached hydrogens (primary N) is 1. The van der Waals surface area contributed by atoms with Crippen LogP contribution in [0.5, 0.6) is 0 Å². The van der Waals surface area contributed by atoms with Crippen molar-refractivity contribution in [3.8, 4) is 0 Å². The predicted molar refractivity (Wildman–Crippen MR) is 76.4 cm³/mol. The minimum absolute atomic E-state index is 0.253. The fraction of sp³-hybridized carbons (Fsp3) is 0.0833. The monoisotopic (exact) mass is 300 g/mol. The fourth-order valence-corrected chi connectivity index (χ4v) is 2.66. The molecule has 6 heteroatoms. The predicted octanol–water partition coefficient (Wildman–Crippen LogP) is 3.57. The van der Waals surface area contributed by atoms with Crippen LogP contribution in [0.2, 0.25) is 9.36 Å². The van der Waals surface area contributed by atoms with Crippen LogP contribution >= 0.6 is 34.5 Å². The highest BCUT2D eigenvalue weighted by atomic mass is 35.5. The molecule has 3 nitrogen and oxygen atoms in total. The number of carbonyl (C=O) groups excluding carboxylic acids is 1. The van der Waals surface area contributed by atoms with Crippen molar-refractivity contribution >= 4 is 46.1 Å². The normalized spacial score (nSPS) is 10.3. The van der Waals surface area contributed by atoms with Crippen molar-refractivity contribution in [1.82, 2.24) is 5.32 Å². The van der Waals surface area contributed by atoms with Gasteiger partial charge in [-0.05, 0) is 30.3 Å². The third-order valence-electron chi connectivity index (χ3n) is 2.29. The number of carbonyl (C=O) groups is 1. The highest BCUT2D eigenvalue weighted by Gasteiger charge is 2.10. The van der Waals surface area contributed by atoms with E-state index in [2.05, 4.69) is 5.32 Å². The van der Waals surface area contributed by atoms with Crippen molar-refractivity contribution in [2.45, 2.75) is 6.54 Å². The lowest BCUT2D eigenvalue weighted by Gasteiger charge is -2.06. The molecule has 0 aliphatic heterocycles. The van der Waals surface area contributed by atoms with Gasteiger partial charge in [-0.2, -0.15) is 0 Å². The summed E-state index contributed by atoms with van der Waals surface area (Å²) in [5.41, 5.74) is 6.50. The lowest BCUT2D eigenvalue weighted by atomic mass is 10.2. The number of hydrogen-bond acceptors (Lipinski definition) is 3. The van der Waals surface area contributed by atoms with Crippen LogP contribution in [0.3, 0.4) is 0 Å². The van der Waals surface area contributed by atoms with Gasteiger partial charge in [0.05, 0.1) is 21.5 Å². The van der Waals surface area contributed by atoms with Gasteiger partial charge in [-0.1, -0.05) is 23.2 Å². The molecule has 0 fully saturated rings. The highest BCUT2D eigenvalue weighted by molar-refractivity contribution is 7.16. The molecule has 0 aliphatic rings. The second-order valence-corrected chi connectivity index (χ2v) is 5.83. The summed E-state index contributed by atoms with van der Waals surface area (Å²) < 4.78 is 0.696. The van der Waals surface area contributed by atoms with Gasteiger partial charge in [0, 0.05) is 10.6 Å². The molecule has 3 N–H and O–H groups in total. The van der Waals surface area contributed by atoms with Crippen LogP contribution in [0.4, 0.5) is 5.69 Å². The number of halogens is 2. The largest absolute Gasteiger partial charge is 0.399 e. The SMILES string of the molecule is Nc1ccc(Cl)c(C(=O)NCc2ccc(Cl)s2)c1. The molecule has 1 amide bonds. The Hall–Kier alpha value is -1.23. The molecule has 0 bridgehead atoms. The van der Waals surface area contributed by atoms with Gasteiger partial charge < -0.3 is 11.1 Å². The molecule has 0 radical (unpaired) electrons. The van der Waals surface area contributed by atoms with Crippen LogP contribution < -0.4 is 11.1 Å². The van der Waals surface area contributed by atoms with E-state index in [4.69, 9.17) is 28.9 Å². The number of anilines is 1. The summed E-state index contributed by atoms with van der Waals surface area (Å²) in [7, 11) is 0. The van der Waals surface area contributed by atoms with Gasteiger partial charge in [0.1, 0.15) is 0 Å². The second kappa shape index (κ2) is 5.61. The van der Waals surface area contributed by atoms with Crippen molar-refractivity contribution < 1.29 is 4.79 Å². The standard InChI is InChI=1S/C12H10Cl2N2OS/c13-10-3-1-7(15)5-9(10)12(17)16-6-8-2-4-11(14)18-8/h1-5H,6,15H2,(H,16,17). The fourth-order valence-electron chi connectivity index (χ4n) is 1.43. The van der Waals surface area contributed by atoms with Crippen LogP contribution in [-0.2, 0) is 6.54 Å². The van der Waals surface area contributed by atoms with Gasteiger partial charge in [-0.25, -0.2) is 0 Å². The highest BCUT2D eigenvalue weighted by Crippen LogP contribution is 2.22. The van der Waals surface area contributed by atoms with E-state index < -0.39 is 0 Å². The Balaban J connectivity index is 2.05.